The molecule has 3 aromatic rings. The van der Waals surface area contributed by atoms with Crippen LogP contribution in [-0.2, 0) is 0 Å². The maximum absolute atomic E-state index is 12.1. The third kappa shape index (κ3) is 4.08. The summed E-state index contributed by atoms with van der Waals surface area (Å²) in [6, 6.07) is 12.9. The number of nitrogens with zero attached hydrogens (tertiary/aromatic N) is 2. The van der Waals surface area contributed by atoms with E-state index in [9.17, 15) is 4.79 Å². The van der Waals surface area contributed by atoms with E-state index in [1.807, 2.05) is 30.3 Å². The predicted octanol–water partition coefficient (Wildman–Crippen LogP) is 2.45. The molecule has 0 bridgehead atoms. The number of carbonyl (C=O) groups is 1. The number of rotatable bonds is 5. The van der Waals surface area contributed by atoms with E-state index < -0.39 is 0 Å². The fourth-order valence-electron chi connectivity index (χ4n) is 2.37. The van der Waals surface area contributed by atoms with E-state index in [0.717, 1.165) is 10.9 Å². The zero-order chi connectivity index (χ0) is 18.2. The number of fused-ring (bicyclic) bond motifs is 1. The third-order valence-electron chi connectivity index (χ3n) is 3.57. The van der Waals surface area contributed by atoms with Gasteiger partial charge in [-0.15, -0.1) is 0 Å². The Hall–Kier alpha value is -3.59. The van der Waals surface area contributed by atoms with Crippen LogP contribution < -0.4 is 14.8 Å². The number of carbonyl (C=O) groups excluding carboxylic acids is 1. The van der Waals surface area contributed by atoms with Crippen LogP contribution in [0.4, 0.5) is 0 Å². The summed E-state index contributed by atoms with van der Waals surface area (Å²) in [6.45, 7) is 0.413. The van der Waals surface area contributed by atoms with Gasteiger partial charge in [0.2, 0.25) is 5.88 Å². The molecule has 0 atom stereocenters. The summed E-state index contributed by atoms with van der Waals surface area (Å²) in [7, 11) is 1.47. The fourth-order valence-corrected chi connectivity index (χ4v) is 2.37. The van der Waals surface area contributed by atoms with E-state index in [2.05, 4.69) is 27.1 Å². The van der Waals surface area contributed by atoms with Crippen LogP contribution in [0.1, 0.15) is 10.4 Å². The second-order valence-corrected chi connectivity index (χ2v) is 5.22. The molecule has 0 fully saturated rings. The lowest BCUT2D eigenvalue weighted by atomic mass is 10.2. The molecule has 1 aromatic carbocycles. The Kier molecular flexibility index (Phi) is 5.63. The van der Waals surface area contributed by atoms with Gasteiger partial charge in [-0.05, 0) is 24.3 Å². The molecule has 3 rings (SSSR count). The molecular weight excluding hydrogens is 330 g/mol. The first-order chi connectivity index (χ1) is 12.8. The zero-order valence-electron chi connectivity index (χ0n) is 14.2. The number of para-hydroxylation sites is 1. The van der Waals surface area contributed by atoms with Crippen LogP contribution in [0.5, 0.6) is 11.6 Å². The Morgan fingerprint density at radius 3 is 2.77 bits per heavy atom. The van der Waals surface area contributed by atoms with Crippen molar-refractivity contribution in [2.75, 3.05) is 20.3 Å². The maximum Gasteiger partial charge on any atom is 0.257 e. The summed E-state index contributed by atoms with van der Waals surface area (Å²) < 4.78 is 10.7. The number of nitrogens with one attached hydrogen (secondary N) is 1. The molecule has 0 saturated heterocycles. The number of amides is 1. The molecule has 0 unspecified atom stereocenters. The molecular formula is C20H17N3O3. The minimum Gasteiger partial charge on any atom is -0.480 e. The van der Waals surface area contributed by atoms with Gasteiger partial charge in [0.1, 0.15) is 23.4 Å². The maximum atomic E-state index is 12.1. The highest BCUT2D eigenvalue weighted by atomic mass is 16.5. The van der Waals surface area contributed by atoms with Crippen LogP contribution in [0.3, 0.4) is 0 Å². The lowest BCUT2D eigenvalue weighted by Crippen LogP contribution is -2.24. The van der Waals surface area contributed by atoms with Gasteiger partial charge in [0.25, 0.3) is 5.91 Å². The molecule has 6 heteroatoms. The number of ether oxygens (including phenoxy) is 2. The van der Waals surface area contributed by atoms with Crippen molar-refractivity contribution in [3.8, 4) is 23.5 Å². The topological polar surface area (TPSA) is 73.3 Å². The van der Waals surface area contributed by atoms with Crippen LogP contribution in [0.25, 0.3) is 10.9 Å². The average molecular weight is 347 g/mol. The summed E-state index contributed by atoms with van der Waals surface area (Å²) in [5.41, 5.74) is 1.17. The number of pyridine rings is 2. The molecule has 130 valence electrons. The van der Waals surface area contributed by atoms with Crippen molar-refractivity contribution in [3.63, 3.8) is 0 Å². The van der Waals surface area contributed by atoms with Crippen molar-refractivity contribution < 1.29 is 14.3 Å². The second-order valence-electron chi connectivity index (χ2n) is 5.22. The molecule has 0 aliphatic heterocycles. The first-order valence-corrected chi connectivity index (χ1v) is 7.99. The predicted molar refractivity (Wildman–Crippen MR) is 98.1 cm³/mol. The lowest BCUT2D eigenvalue weighted by Gasteiger charge is -2.06. The summed E-state index contributed by atoms with van der Waals surface area (Å²) in [5.74, 6) is 6.40. The van der Waals surface area contributed by atoms with E-state index in [-0.39, 0.29) is 24.9 Å². The summed E-state index contributed by atoms with van der Waals surface area (Å²) in [5, 5.41) is 3.71. The van der Waals surface area contributed by atoms with Crippen molar-refractivity contribution in [1.29, 1.82) is 0 Å². The van der Waals surface area contributed by atoms with E-state index in [1.165, 1.54) is 7.11 Å². The van der Waals surface area contributed by atoms with Gasteiger partial charge < -0.3 is 14.8 Å². The molecule has 0 aliphatic carbocycles. The SMILES string of the molecule is COc1ncccc1C(=O)NCC#CCOc1cccc2cccnc12. The Balaban J connectivity index is 1.52. The molecule has 0 spiro atoms. The van der Waals surface area contributed by atoms with Crippen molar-refractivity contribution in [3.05, 3.63) is 60.4 Å². The van der Waals surface area contributed by atoms with Crippen LogP contribution >= 0.6 is 0 Å². The number of benzene rings is 1. The molecule has 0 saturated carbocycles. The fraction of sp³-hybridized carbons (Fsp3) is 0.150. The monoisotopic (exact) mass is 347 g/mol. The molecule has 26 heavy (non-hydrogen) atoms. The second kappa shape index (κ2) is 8.49. The summed E-state index contributed by atoms with van der Waals surface area (Å²) in [4.78, 5) is 20.4. The first-order valence-electron chi connectivity index (χ1n) is 7.99. The highest BCUT2D eigenvalue weighted by Gasteiger charge is 2.11. The highest BCUT2D eigenvalue weighted by Crippen LogP contribution is 2.22. The summed E-state index contributed by atoms with van der Waals surface area (Å²) in [6.07, 6.45) is 3.29. The minimum atomic E-state index is -0.288. The van der Waals surface area contributed by atoms with Crippen molar-refractivity contribution in [1.82, 2.24) is 15.3 Å². The molecule has 1 amide bonds. The highest BCUT2D eigenvalue weighted by molar-refractivity contribution is 5.96. The van der Waals surface area contributed by atoms with Crippen LogP contribution in [0.2, 0.25) is 0 Å². The van der Waals surface area contributed by atoms with Gasteiger partial charge in [-0.25, -0.2) is 4.98 Å². The molecule has 0 aliphatic rings. The normalized spacial score (nSPS) is 9.88. The van der Waals surface area contributed by atoms with E-state index in [4.69, 9.17) is 9.47 Å². The van der Waals surface area contributed by atoms with Crippen LogP contribution in [0, 0.1) is 11.8 Å². The third-order valence-corrected chi connectivity index (χ3v) is 3.57. The Bertz CT molecular complexity index is 971. The Morgan fingerprint density at radius 1 is 1.08 bits per heavy atom. The van der Waals surface area contributed by atoms with E-state index >= 15 is 0 Å². The smallest absolute Gasteiger partial charge is 0.257 e. The van der Waals surface area contributed by atoms with E-state index in [1.54, 1.807) is 24.5 Å². The van der Waals surface area contributed by atoms with Crippen LogP contribution in [0.15, 0.2) is 54.9 Å². The van der Waals surface area contributed by atoms with Crippen molar-refractivity contribution in [2.45, 2.75) is 0 Å². The van der Waals surface area contributed by atoms with Gasteiger partial charge in [-0.2, -0.15) is 0 Å². The minimum absolute atomic E-state index is 0.202. The molecule has 1 N–H and O–H groups in total. The molecule has 2 aromatic heterocycles. The number of hydrogen-bond acceptors (Lipinski definition) is 5. The summed E-state index contributed by atoms with van der Waals surface area (Å²) >= 11 is 0. The van der Waals surface area contributed by atoms with Crippen molar-refractivity contribution in [2.24, 2.45) is 0 Å². The lowest BCUT2D eigenvalue weighted by molar-refractivity contribution is 0.0955. The van der Waals surface area contributed by atoms with Gasteiger partial charge in [0, 0.05) is 17.8 Å². The molecule has 0 radical (unpaired) electrons. The Labute approximate surface area is 151 Å². The van der Waals surface area contributed by atoms with Gasteiger partial charge in [-0.1, -0.05) is 30.0 Å². The van der Waals surface area contributed by atoms with Crippen molar-refractivity contribution >= 4 is 16.8 Å². The number of aromatic nitrogens is 2. The van der Waals surface area contributed by atoms with E-state index in [0.29, 0.717) is 11.3 Å². The van der Waals surface area contributed by atoms with Crippen LogP contribution in [-0.4, -0.2) is 36.1 Å². The van der Waals surface area contributed by atoms with Gasteiger partial charge in [-0.3, -0.25) is 9.78 Å². The van der Waals surface area contributed by atoms with Gasteiger partial charge in [0.05, 0.1) is 13.7 Å². The molecule has 6 nitrogen and oxygen atoms in total. The Morgan fingerprint density at radius 2 is 1.88 bits per heavy atom. The number of hydrogen-bond donors (Lipinski definition) is 1. The standard InChI is InChI=1S/C20H17N3O3/c1-25-20-16(9-6-13-23-20)19(24)22-11-2-3-14-26-17-10-4-7-15-8-5-12-21-18(15)17/h4-10,12-13H,11,14H2,1H3,(H,22,24). The largest absolute Gasteiger partial charge is 0.480 e. The molecule has 2 heterocycles. The first kappa shape index (κ1) is 17.2. The average Bonchev–Trinajstić information content (AvgIpc) is 2.70. The quantitative estimate of drug-likeness (QED) is 0.718. The zero-order valence-corrected chi connectivity index (χ0v) is 14.2. The van der Waals surface area contributed by atoms with Gasteiger partial charge in [0.15, 0.2) is 0 Å². The van der Waals surface area contributed by atoms with Gasteiger partial charge >= 0.3 is 0 Å². The number of methoxy groups -OCH3 is 1.